The van der Waals surface area contributed by atoms with Gasteiger partial charge in [0.05, 0.1) is 69.2 Å². The largest absolute Gasteiger partial charge is 0.374 e. The minimum Gasteiger partial charge on any atom is -0.374 e. The van der Waals surface area contributed by atoms with E-state index in [0.29, 0.717) is 13.2 Å². The summed E-state index contributed by atoms with van der Waals surface area (Å²) >= 11 is 0. The lowest BCUT2D eigenvalue weighted by molar-refractivity contribution is -0.387. The third kappa shape index (κ3) is 20.0. The molecule has 0 N–H and O–H groups in total. The van der Waals surface area contributed by atoms with Gasteiger partial charge in [0.1, 0.15) is 48.8 Å². The molecule has 2 saturated heterocycles. The summed E-state index contributed by atoms with van der Waals surface area (Å²) in [5, 5.41) is 4.24. The molecule has 512 valence electrons. The quantitative estimate of drug-likeness (QED) is 0.0402. The molecule has 10 aromatic carbocycles. The molecule has 2 fully saturated rings. The molecule has 2 aliphatic heterocycles. The SMILES string of the molecule is Cc1cc(C)cc(P(O[C@H]2[C@H](OCc3ccccc3)[C@@H](OCc3ccccc3)[C@@H](O[C@H]3O[C@H](COCc4ccccc4)[C@@H](OP(c4cc(C)cc(C)c4)c4cc(C)cc(C)c4)[C@H](OCc4ccccc4)[C@H]3OCc3ccccc3)O[C@@H]2COCc2ccccc2)c2cc(C)cc(C)c2)c1. The average molecular weight is 1360 g/mol. The lowest BCUT2D eigenvalue weighted by Crippen LogP contribution is -2.66. The normalized spacial score (nSPS) is 20.9. The van der Waals surface area contributed by atoms with Crippen molar-refractivity contribution >= 4 is 37.5 Å². The summed E-state index contributed by atoms with van der Waals surface area (Å²) in [5.41, 5.74) is 14.9. The summed E-state index contributed by atoms with van der Waals surface area (Å²) in [6.07, 6.45) is -9.41. The maximum Gasteiger partial charge on any atom is 0.190 e. The molecule has 2 aliphatic rings. The summed E-state index contributed by atoms with van der Waals surface area (Å²) in [5.74, 6) is 0. The third-order valence-corrected chi connectivity index (χ3v) is 21.4. The highest BCUT2D eigenvalue weighted by atomic mass is 31.1. The molecule has 0 aromatic heterocycles. The Morgan fingerprint density at radius 1 is 0.263 bits per heavy atom. The Balaban J connectivity index is 1.02. The van der Waals surface area contributed by atoms with Crippen molar-refractivity contribution in [2.24, 2.45) is 0 Å². The molecule has 0 saturated carbocycles. The van der Waals surface area contributed by atoms with Gasteiger partial charge in [-0.2, -0.15) is 0 Å². The van der Waals surface area contributed by atoms with E-state index < -0.39 is 77.7 Å². The van der Waals surface area contributed by atoms with Crippen LogP contribution in [-0.4, -0.2) is 74.6 Å². The van der Waals surface area contributed by atoms with E-state index in [1.54, 1.807) is 0 Å². The van der Waals surface area contributed by atoms with Crippen molar-refractivity contribution in [3.8, 4) is 0 Å². The number of aryl methyl sites for hydroxylation is 8. The minimum atomic E-state index is -1.56. The molecule has 0 spiro atoms. The Morgan fingerprint density at radius 3 is 0.727 bits per heavy atom. The van der Waals surface area contributed by atoms with E-state index in [2.05, 4.69) is 201 Å². The number of rotatable bonds is 30. The van der Waals surface area contributed by atoms with E-state index in [1.165, 1.54) is 0 Å². The molecule has 99 heavy (non-hydrogen) atoms. The van der Waals surface area contributed by atoms with Gasteiger partial charge in [0.15, 0.2) is 12.6 Å². The predicted molar refractivity (Wildman–Crippen MR) is 396 cm³/mol. The van der Waals surface area contributed by atoms with Gasteiger partial charge >= 0.3 is 0 Å². The second-order valence-corrected chi connectivity index (χ2v) is 30.0. The summed E-state index contributed by atoms with van der Waals surface area (Å²) in [7, 11) is -3.13. The van der Waals surface area contributed by atoms with Crippen molar-refractivity contribution in [1.82, 2.24) is 0 Å². The van der Waals surface area contributed by atoms with Crippen molar-refractivity contribution in [2.75, 3.05) is 13.2 Å². The second-order valence-electron chi connectivity index (χ2n) is 26.4. The molecule has 10 aromatic rings. The first-order chi connectivity index (χ1) is 48.3. The monoisotopic (exact) mass is 1360 g/mol. The lowest BCUT2D eigenvalue weighted by atomic mass is 9.97. The highest BCUT2D eigenvalue weighted by molar-refractivity contribution is 7.69. The van der Waals surface area contributed by atoms with Gasteiger partial charge in [-0.1, -0.05) is 251 Å². The van der Waals surface area contributed by atoms with Gasteiger partial charge in [0.2, 0.25) is 0 Å². The molecule has 13 heteroatoms. The van der Waals surface area contributed by atoms with Crippen LogP contribution < -0.4 is 21.2 Å². The number of hydrogen-bond donors (Lipinski definition) is 0. The molecule has 12 rings (SSSR count). The molecule has 0 unspecified atom stereocenters. The van der Waals surface area contributed by atoms with Crippen LogP contribution in [0.15, 0.2) is 255 Å². The van der Waals surface area contributed by atoms with Crippen LogP contribution in [0.1, 0.15) is 77.9 Å². The van der Waals surface area contributed by atoms with E-state index >= 15 is 0 Å². The van der Waals surface area contributed by atoms with Gasteiger partial charge in [-0.15, -0.1) is 0 Å². The highest BCUT2D eigenvalue weighted by Gasteiger charge is 2.55. The van der Waals surface area contributed by atoms with Crippen molar-refractivity contribution in [3.63, 3.8) is 0 Å². The Hall–Kier alpha value is -7.38. The van der Waals surface area contributed by atoms with E-state index in [1.807, 2.05) is 109 Å². The maximum atomic E-state index is 7.96. The Labute approximate surface area is 588 Å². The maximum absolute atomic E-state index is 7.96. The summed E-state index contributed by atoms with van der Waals surface area (Å²) in [6.45, 7) is 18.7. The average Bonchev–Trinajstić information content (AvgIpc) is 0.737. The molecule has 0 bridgehead atoms. The van der Waals surface area contributed by atoms with Gasteiger partial charge < -0.3 is 51.7 Å². The number of ether oxygens (including phenoxy) is 9. The molecule has 0 aliphatic carbocycles. The van der Waals surface area contributed by atoms with Crippen molar-refractivity contribution < 1.29 is 51.7 Å². The fourth-order valence-electron chi connectivity index (χ4n) is 13.2. The summed E-state index contributed by atoms with van der Waals surface area (Å²) in [4.78, 5) is 0. The van der Waals surface area contributed by atoms with Crippen LogP contribution in [-0.2, 0) is 91.3 Å². The van der Waals surface area contributed by atoms with Crippen LogP contribution in [0.2, 0.25) is 0 Å². The fourth-order valence-corrected chi connectivity index (χ4v) is 17.9. The number of hydrogen-bond acceptors (Lipinski definition) is 11. The van der Waals surface area contributed by atoms with Gasteiger partial charge in [-0.05, 0) is 137 Å². The van der Waals surface area contributed by atoms with Crippen molar-refractivity contribution in [1.29, 1.82) is 0 Å². The third-order valence-electron chi connectivity index (χ3n) is 17.6. The minimum absolute atomic E-state index is 0.0907. The van der Waals surface area contributed by atoms with E-state index in [-0.39, 0.29) is 39.6 Å². The van der Waals surface area contributed by atoms with E-state index in [4.69, 9.17) is 51.7 Å². The zero-order valence-electron chi connectivity index (χ0n) is 58.1. The number of benzene rings is 10. The topological polar surface area (TPSA) is 102 Å². The molecular formula is C86H92O11P2. The summed E-state index contributed by atoms with van der Waals surface area (Å²) in [6, 6.07) is 87.9. The second kappa shape index (κ2) is 35.3. The van der Waals surface area contributed by atoms with Crippen molar-refractivity contribution in [3.05, 3.63) is 333 Å². The molecular weight excluding hydrogens is 1270 g/mol. The van der Waals surface area contributed by atoms with Crippen LogP contribution in [0.25, 0.3) is 0 Å². The zero-order valence-corrected chi connectivity index (χ0v) is 59.9. The predicted octanol–water partition coefficient (Wildman–Crippen LogP) is 16.6. The Morgan fingerprint density at radius 2 is 0.485 bits per heavy atom. The van der Waals surface area contributed by atoms with Crippen LogP contribution in [0, 0.1) is 55.4 Å². The smallest absolute Gasteiger partial charge is 0.190 e. The fraction of sp³-hybridized carbons (Fsp3) is 0.302. The lowest BCUT2D eigenvalue weighted by Gasteiger charge is -2.50. The summed E-state index contributed by atoms with van der Waals surface area (Å²) < 4.78 is 82.7. The van der Waals surface area contributed by atoms with Crippen LogP contribution in [0.4, 0.5) is 0 Å². The molecule has 0 radical (unpaired) electrons. The van der Waals surface area contributed by atoms with Crippen LogP contribution in [0.3, 0.4) is 0 Å². The Bertz CT molecular complexity index is 3670. The van der Waals surface area contributed by atoms with Gasteiger partial charge in [0.25, 0.3) is 0 Å². The highest BCUT2D eigenvalue weighted by Crippen LogP contribution is 2.46. The molecule has 2 heterocycles. The first-order valence-corrected chi connectivity index (χ1v) is 36.9. The Kier molecular flexibility index (Phi) is 25.5. The molecule has 11 nitrogen and oxygen atoms in total. The van der Waals surface area contributed by atoms with Gasteiger partial charge in [-0.3, -0.25) is 0 Å². The zero-order chi connectivity index (χ0) is 68.5. The van der Waals surface area contributed by atoms with Crippen LogP contribution in [0.5, 0.6) is 0 Å². The standard InChI is InChI=1S/C86H92O11P2/c1-59-39-60(2)44-73(43-59)98(74-45-61(3)40-62(4)46-74)96-79-77(57-87-51-67-27-15-9-16-28-67)93-85(83(91-55-71-35-23-13-24-36-71)81(79)89-53-69-31-19-11-20-32-69)95-86-84(92-56-72-37-25-14-26-38-72)82(90-54-70-33-21-12-22-34-70)80(78(94-86)58-88-52-68-29-17-10-18-30-68)97-99(75-47-63(5)41-64(6)48-75)76-49-65(7)42-66(8)50-76/h9-50,77-86H,51-58H2,1-8H3/t77-,78-,79-,80-,81+,82+,83-,84-,85-,86-/m1/s1. The van der Waals surface area contributed by atoms with Crippen LogP contribution >= 0.6 is 16.3 Å². The molecule has 10 atom stereocenters. The molecule has 0 amide bonds. The van der Waals surface area contributed by atoms with Gasteiger partial charge in [-0.25, -0.2) is 0 Å². The van der Waals surface area contributed by atoms with Crippen molar-refractivity contribution in [2.45, 2.75) is 156 Å². The first kappa shape index (κ1) is 71.4. The first-order valence-electron chi connectivity index (χ1n) is 34.4. The van der Waals surface area contributed by atoms with Gasteiger partial charge in [0, 0.05) is 21.2 Å². The van der Waals surface area contributed by atoms with E-state index in [0.717, 1.165) is 99.1 Å². The van der Waals surface area contributed by atoms with E-state index in [9.17, 15) is 0 Å².